The zero-order valence-electron chi connectivity index (χ0n) is 10.8. The summed E-state index contributed by atoms with van der Waals surface area (Å²) in [7, 11) is 0. The van der Waals surface area contributed by atoms with E-state index in [4.69, 9.17) is 11.6 Å². The highest BCUT2D eigenvalue weighted by molar-refractivity contribution is 6.31. The van der Waals surface area contributed by atoms with Crippen molar-refractivity contribution in [3.63, 3.8) is 0 Å². The molecular weight excluding hydrogens is 286 g/mol. The van der Waals surface area contributed by atoms with Crippen LogP contribution in [0.3, 0.4) is 0 Å². The van der Waals surface area contributed by atoms with E-state index in [1.807, 2.05) is 6.92 Å². The number of nitrogens with one attached hydrogen (secondary N) is 2. The monoisotopic (exact) mass is 299 g/mol. The summed E-state index contributed by atoms with van der Waals surface area (Å²) < 4.78 is 0. The quantitative estimate of drug-likeness (QED) is 0.614. The van der Waals surface area contributed by atoms with E-state index >= 15 is 0 Å². The first-order valence-corrected chi connectivity index (χ1v) is 6.32. The molecule has 0 radical (unpaired) electrons. The highest BCUT2D eigenvalue weighted by Gasteiger charge is 2.20. The van der Waals surface area contributed by atoms with E-state index in [1.165, 1.54) is 12.1 Å². The van der Waals surface area contributed by atoms with Crippen LogP contribution in [-0.4, -0.2) is 29.8 Å². The predicted octanol–water partition coefficient (Wildman–Crippen LogP) is 1.50. The van der Waals surface area contributed by atoms with Gasteiger partial charge in [0.1, 0.15) is 5.56 Å². The van der Waals surface area contributed by atoms with Crippen LogP contribution >= 0.6 is 11.6 Å². The maximum atomic E-state index is 11.8. The van der Waals surface area contributed by atoms with Gasteiger partial charge in [0.05, 0.1) is 11.5 Å². The number of nitrogens with zero attached hydrogens (tertiary/aromatic N) is 1. The highest BCUT2D eigenvalue weighted by Crippen LogP contribution is 2.22. The van der Waals surface area contributed by atoms with Crippen molar-refractivity contribution >= 4 is 29.1 Å². The number of hydrogen-bond donors (Lipinski definition) is 2. The molecule has 7 nitrogen and oxygen atoms in total. The van der Waals surface area contributed by atoms with Crippen LogP contribution in [0, 0.1) is 10.1 Å². The average molecular weight is 300 g/mol. The van der Waals surface area contributed by atoms with Gasteiger partial charge in [0.25, 0.3) is 11.6 Å². The summed E-state index contributed by atoms with van der Waals surface area (Å²) in [6, 6.07) is 3.66. The van der Waals surface area contributed by atoms with Gasteiger partial charge in [0, 0.05) is 17.6 Å². The van der Waals surface area contributed by atoms with Crippen molar-refractivity contribution in [3.05, 3.63) is 38.9 Å². The molecule has 2 N–H and O–H groups in total. The first-order valence-electron chi connectivity index (χ1n) is 5.94. The molecule has 0 spiro atoms. The van der Waals surface area contributed by atoms with Crippen molar-refractivity contribution in [2.24, 2.45) is 0 Å². The molecule has 0 bridgehead atoms. The van der Waals surface area contributed by atoms with Crippen LogP contribution < -0.4 is 10.6 Å². The second-order valence-electron chi connectivity index (χ2n) is 3.95. The largest absolute Gasteiger partial charge is 0.355 e. The molecule has 0 atom stereocenters. The summed E-state index contributed by atoms with van der Waals surface area (Å²) >= 11 is 5.71. The SMILES string of the molecule is CCCNC(=O)CNC(=O)c1cc(Cl)ccc1[N+](=O)[O-]. The summed E-state index contributed by atoms with van der Waals surface area (Å²) in [5, 5.41) is 15.9. The Kier molecular flexibility index (Phi) is 5.92. The van der Waals surface area contributed by atoms with Crippen LogP contribution in [0.1, 0.15) is 23.7 Å². The Labute approximate surface area is 120 Å². The Bertz CT molecular complexity index is 533. The minimum atomic E-state index is -0.717. The third-order valence-corrected chi connectivity index (χ3v) is 2.62. The molecule has 0 aliphatic rings. The second-order valence-corrected chi connectivity index (χ2v) is 4.39. The Morgan fingerprint density at radius 2 is 2.05 bits per heavy atom. The molecule has 0 fully saturated rings. The zero-order valence-corrected chi connectivity index (χ0v) is 11.6. The van der Waals surface area contributed by atoms with E-state index in [-0.39, 0.29) is 28.7 Å². The van der Waals surface area contributed by atoms with Crippen LogP contribution in [0.25, 0.3) is 0 Å². The number of nitro groups is 1. The molecule has 1 aromatic rings. The third kappa shape index (κ3) is 4.51. The Morgan fingerprint density at radius 1 is 1.35 bits per heavy atom. The van der Waals surface area contributed by atoms with Crippen molar-refractivity contribution in [3.8, 4) is 0 Å². The molecule has 108 valence electrons. The number of amides is 2. The predicted molar refractivity (Wildman–Crippen MR) is 73.7 cm³/mol. The maximum Gasteiger partial charge on any atom is 0.282 e. The summed E-state index contributed by atoms with van der Waals surface area (Å²) in [6.07, 6.45) is 0.777. The van der Waals surface area contributed by atoms with E-state index in [2.05, 4.69) is 10.6 Å². The molecule has 0 saturated heterocycles. The molecular formula is C12H14ClN3O4. The molecule has 20 heavy (non-hydrogen) atoms. The average Bonchev–Trinajstić information content (AvgIpc) is 2.41. The Hall–Kier alpha value is -2.15. The number of rotatable bonds is 6. The van der Waals surface area contributed by atoms with Crippen molar-refractivity contribution in [1.29, 1.82) is 0 Å². The number of halogens is 1. The standard InChI is InChI=1S/C12H14ClN3O4/c1-2-5-14-11(17)7-15-12(18)9-6-8(13)3-4-10(9)16(19)20/h3-4,6H,2,5,7H2,1H3,(H,14,17)(H,15,18). The van der Waals surface area contributed by atoms with Crippen molar-refractivity contribution in [2.45, 2.75) is 13.3 Å². The first kappa shape index (κ1) is 15.9. The lowest BCUT2D eigenvalue weighted by Crippen LogP contribution is -2.37. The van der Waals surface area contributed by atoms with Gasteiger partial charge in [-0.1, -0.05) is 18.5 Å². The lowest BCUT2D eigenvalue weighted by molar-refractivity contribution is -0.385. The van der Waals surface area contributed by atoms with Gasteiger partial charge in [-0.05, 0) is 18.6 Å². The first-order chi connectivity index (χ1) is 9.45. The molecule has 2 amide bonds. The zero-order chi connectivity index (χ0) is 15.1. The van der Waals surface area contributed by atoms with Crippen molar-refractivity contribution < 1.29 is 14.5 Å². The fourth-order valence-corrected chi connectivity index (χ4v) is 1.60. The van der Waals surface area contributed by atoms with Crippen LogP contribution in [0.2, 0.25) is 5.02 Å². The molecule has 0 aliphatic carbocycles. The Morgan fingerprint density at radius 3 is 2.65 bits per heavy atom. The van der Waals surface area contributed by atoms with Crippen LogP contribution in [0.5, 0.6) is 0 Å². The normalized spacial score (nSPS) is 9.90. The van der Waals surface area contributed by atoms with Gasteiger partial charge < -0.3 is 10.6 Å². The van der Waals surface area contributed by atoms with Gasteiger partial charge in [-0.2, -0.15) is 0 Å². The highest BCUT2D eigenvalue weighted by atomic mass is 35.5. The minimum Gasteiger partial charge on any atom is -0.355 e. The number of hydrogen-bond acceptors (Lipinski definition) is 4. The molecule has 0 saturated carbocycles. The lowest BCUT2D eigenvalue weighted by atomic mass is 10.1. The molecule has 0 heterocycles. The number of nitro benzene ring substituents is 1. The van der Waals surface area contributed by atoms with E-state index in [1.54, 1.807) is 0 Å². The minimum absolute atomic E-state index is 0.175. The van der Waals surface area contributed by atoms with E-state index in [0.717, 1.165) is 12.5 Å². The number of carbonyl (C=O) groups is 2. The van der Waals surface area contributed by atoms with E-state index in [9.17, 15) is 19.7 Å². The van der Waals surface area contributed by atoms with Crippen molar-refractivity contribution in [1.82, 2.24) is 10.6 Å². The fraction of sp³-hybridized carbons (Fsp3) is 0.333. The van der Waals surface area contributed by atoms with Crippen LogP contribution in [-0.2, 0) is 4.79 Å². The lowest BCUT2D eigenvalue weighted by Gasteiger charge is -2.06. The van der Waals surface area contributed by atoms with Crippen molar-refractivity contribution in [2.75, 3.05) is 13.1 Å². The number of carbonyl (C=O) groups excluding carboxylic acids is 2. The van der Waals surface area contributed by atoms with E-state index in [0.29, 0.717) is 6.54 Å². The molecule has 1 aromatic carbocycles. The summed E-state index contributed by atoms with van der Waals surface area (Å²) in [5.74, 6) is -1.07. The topological polar surface area (TPSA) is 101 Å². The number of benzene rings is 1. The summed E-state index contributed by atoms with van der Waals surface area (Å²) in [5.41, 5.74) is -0.536. The fourth-order valence-electron chi connectivity index (χ4n) is 1.43. The van der Waals surface area contributed by atoms with E-state index < -0.39 is 10.8 Å². The van der Waals surface area contributed by atoms with Crippen LogP contribution in [0.15, 0.2) is 18.2 Å². The molecule has 1 rings (SSSR count). The third-order valence-electron chi connectivity index (χ3n) is 2.38. The molecule has 0 unspecified atom stereocenters. The maximum absolute atomic E-state index is 11.8. The summed E-state index contributed by atoms with van der Waals surface area (Å²) in [6.45, 7) is 2.16. The van der Waals surface area contributed by atoms with Gasteiger partial charge >= 0.3 is 0 Å². The molecule has 0 aromatic heterocycles. The van der Waals surface area contributed by atoms with Gasteiger partial charge in [0.2, 0.25) is 5.91 Å². The van der Waals surface area contributed by atoms with Gasteiger partial charge in [-0.15, -0.1) is 0 Å². The van der Waals surface area contributed by atoms with Crippen LogP contribution in [0.4, 0.5) is 5.69 Å². The molecule has 8 heteroatoms. The van der Waals surface area contributed by atoms with Gasteiger partial charge in [-0.25, -0.2) is 0 Å². The second kappa shape index (κ2) is 7.44. The van der Waals surface area contributed by atoms with Gasteiger partial charge in [-0.3, -0.25) is 19.7 Å². The summed E-state index contributed by atoms with van der Waals surface area (Å²) in [4.78, 5) is 33.3. The molecule has 0 aliphatic heterocycles. The smallest absolute Gasteiger partial charge is 0.282 e. The Balaban J connectivity index is 2.74. The van der Waals surface area contributed by atoms with Gasteiger partial charge in [0.15, 0.2) is 0 Å².